The molecule has 92 valence electrons. The average Bonchev–Trinajstić information content (AvgIpc) is 2.32. The van der Waals surface area contributed by atoms with Crippen molar-refractivity contribution in [3.8, 4) is 0 Å². The van der Waals surface area contributed by atoms with E-state index in [1.54, 1.807) is 0 Å². The van der Waals surface area contributed by atoms with Crippen molar-refractivity contribution < 1.29 is 4.92 Å². The van der Waals surface area contributed by atoms with Crippen molar-refractivity contribution in [3.63, 3.8) is 0 Å². The Morgan fingerprint density at radius 3 is 2.61 bits per heavy atom. The van der Waals surface area contributed by atoms with Crippen LogP contribution in [-0.2, 0) is 0 Å². The molecule has 0 saturated carbocycles. The van der Waals surface area contributed by atoms with E-state index in [0.717, 1.165) is 16.7 Å². The Bertz CT molecular complexity index is 589. The van der Waals surface area contributed by atoms with Gasteiger partial charge in [-0.15, -0.1) is 0 Å². The van der Waals surface area contributed by atoms with Gasteiger partial charge in [-0.1, -0.05) is 29.5 Å². The van der Waals surface area contributed by atoms with Gasteiger partial charge in [0.05, 0.1) is 4.92 Å². The third-order valence-electron chi connectivity index (χ3n) is 2.14. The van der Waals surface area contributed by atoms with Crippen LogP contribution in [0.3, 0.4) is 0 Å². The lowest BCUT2D eigenvalue weighted by atomic mass is 10.2. The molecule has 0 radical (unpaired) electrons. The van der Waals surface area contributed by atoms with E-state index in [2.05, 4.69) is 9.97 Å². The largest absolute Gasteiger partial charge is 0.319 e. The summed E-state index contributed by atoms with van der Waals surface area (Å²) in [6.45, 7) is 1.97. The van der Waals surface area contributed by atoms with Crippen LogP contribution in [0.2, 0.25) is 5.28 Å². The van der Waals surface area contributed by atoms with Gasteiger partial charge >= 0.3 is 5.69 Å². The number of halogens is 1. The molecule has 0 aliphatic carbocycles. The van der Waals surface area contributed by atoms with Gasteiger partial charge in [0.15, 0.2) is 5.03 Å². The molecule has 0 aliphatic heterocycles. The van der Waals surface area contributed by atoms with Gasteiger partial charge in [-0.25, -0.2) is 9.97 Å². The first-order chi connectivity index (χ1) is 8.56. The number of hydrogen-bond acceptors (Lipinski definition) is 5. The molecule has 0 bridgehead atoms. The Kier molecular flexibility index (Phi) is 3.78. The van der Waals surface area contributed by atoms with Crippen molar-refractivity contribution in [2.24, 2.45) is 0 Å². The summed E-state index contributed by atoms with van der Waals surface area (Å²) in [6, 6.07) is 7.60. The van der Waals surface area contributed by atoms with Crippen LogP contribution in [-0.4, -0.2) is 14.9 Å². The summed E-state index contributed by atoms with van der Waals surface area (Å²) in [5.74, 6) is 0. The van der Waals surface area contributed by atoms with Crippen molar-refractivity contribution in [2.75, 3.05) is 0 Å². The monoisotopic (exact) mass is 281 g/mol. The van der Waals surface area contributed by atoms with Crippen LogP contribution in [0, 0.1) is 17.0 Å². The molecule has 7 heteroatoms. The maximum atomic E-state index is 10.8. The third-order valence-corrected chi connectivity index (χ3v) is 3.32. The average molecular weight is 282 g/mol. The third kappa shape index (κ3) is 2.96. The molecule has 0 fully saturated rings. The number of aryl methyl sites for hydroxylation is 1. The highest BCUT2D eigenvalue weighted by Gasteiger charge is 2.17. The Labute approximate surface area is 112 Å². The second kappa shape index (κ2) is 5.32. The van der Waals surface area contributed by atoms with Crippen molar-refractivity contribution in [1.29, 1.82) is 0 Å². The molecule has 0 spiro atoms. The van der Waals surface area contributed by atoms with Crippen LogP contribution in [0.1, 0.15) is 5.56 Å². The Balaban J connectivity index is 2.35. The zero-order valence-electron chi connectivity index (χ0n) is 9.33. The van der Waals surface area contributed by atoms with Crippen LogP contribution in [0.15, 0.2) is 40.4 Å². The Morgan fingerprint density at radius 1 is 1.33 bits per heavy atom. The zero-order chi connectivity index (χ0) is 13.1. The standard InChI is InChI=1S/C11H8ClN3O2S/c1-7-2-4-8(5-3-7)18-10-9(15(16)17)6-13-11(12)14-10/h2-6H,1H3. The smallest absolute Gasteiger partial charge is 0.258 e. The van der Waals surface area contributed by atoms with Crippen LogP contribution in [0.5, 0.6) is 0 Å². The number of hydrogen-bond donors (Lipinski definition) is 0. The number of aromatic nitrogens is 2. The first-order valence-electron chi connectivity index (χ1n) is 4.98. The number of benzene rings is 1. The van der Waals surface area contributed by atoms with Crippen LogP contribution in [0.25, 0.3) is 0 Å². The van der Waals surface area contributed by atoms with Gasteiger partial charge in [-0.05, 0) is 30.7 Å². The van der Waals surface area contributed by atoms with Gasteiger partial charge in [-0.3, -0.25) is 10.1 Å². The predicted molar refractivity (Wildman–Crippen MR) is 69.0 cm³/mol. The van der Waals surface area contributed by atoms with Gasteiger partial charge in [0.2, 0.25) is 5.28 Å². The highest BCUT2D eigenvalue weighted by atomic mass is 35.5. The number of rotatable bonds is 3. The molecule has 2 aromatic rings. The van der Waals surface area contributed by atoms with E-state index in [0.29, 0.717) is 0 Å². The molecule has 1 aromatic carbocycles. The van der Waals surface area contributed by atoms with Crippen LogP contribution in [0.4, 0.5) is 5.69 Å². The fourth-order valence-electron chi connectivity index (χ4n) is 1.26. The van der Waals surface area contributed by atoms with Crippen LogP contribution < -0.4 is 0 Å². The molecule has 18 heavy (non-hydrogen) atoms. The first kappa shape index (κ1) is 12.8. The van der Waals surface area contributed by atoms with E-state index in [1.807, 2.05) is 31.2 Å². The zero-order valence-corrected chi connectivity index (χ0v) is 10.9. The molecule has 0 amide bonds. The van der Waals surface area contributed by atoms with E-state index in [1.165, 1.54) is 11.8 Å². The number of nitro groups is 1. The van der Waals surface area contributed by atoms with Gasteiger partial charge < -0.3 is 0 Å². The van der Waals surface area contributed by atoms with Gasteiger partial charge in [0.25, 0.3) is 0 Å². The molecule has 2 rings (SSSR count). The van der Waals surface area contributed by atoms with Crippen LogP contribution >= 0.6 is 23.4 Å². The molecule has 0 unspecified atom stereocenters. The van der Waals surface area contributed by atoms with Crippen molar-refractivity contribution in [1.82, 2.24) is 9.97 Å². The van der Waals surface area contributed by atoms with Gasteiger partial charge in [0.1, 0.15) is 6.20 Å². The van der Waals surface area contributed by atoms with E-state index < -0.39 is 4.92 Å². The highest BCUT2D eigenvalue weighted by molar-refractivity contribution is 7.99. The van der Waals surface area contributed by atoms with Gasteiger partial charge in [-0.2, -0.15) is 0 Å². The Hall–Kier alpha value is -1.66. The quantitative estimate of drug-likeness (QED) is 0.373. The SMILES string of the molecule is Cc1ccc(Sc2nc(Cl)ncc2[N+](=O)[O-])cc1. The highest BCUT2D eigenvalue weighted by Crippen LogP contribution is 2.33. The minimum atomic E-state index is -0.521. The van der Waals surface area contributed by atoms with Crippen molar-refractivity contribution in [3.05, 3.63) is 51.4 Å². The first-order valence-corrected chi connectivity index (χ1v) is 6.17. The second-order valence-corrected chi connectivity index (χ2v) is 4.90. The normalized spacial score (nSPS) is 10.3. The summed E-state index contributed by atoms with van der Waals surface area (Å²) in [6.07, 6.45) is 1.12. The number of nitrogens with zero attached hydrogens (tertiary/aromatic N) is 3. The summed E-state index contributed by atoms with van der Waals surface area (Å²) in [5.41, 5.74) is 0.972. The maximum absolute atomic E-state index is 10.8. The Morgan fingerprint density at radius 2 is 2.00 bits per heavy atom. The summed E-state index contributed by atoms with van der Waals surface area (Å²) in [7, 11) is 0. The molecule has 0 saturated heterocycles. The van der Waals surface area contributed by atoms with E-state index in [-0.39, 0.29) is 16.0 Å². The van der Waals surface area contributed by atoms with Crippen molar-refractivity contribution in [2.45, 2.75) is 16.8 Å². The van der Waals surface area contributed by atoms with E-state index in [9.17, 15) is 10.1 Å². The summed E-state index contributed by atoms with van der Waals surface area (Å²) in [4.78, 5) is 18.7. The molecule has 1 heterocycles. The molecular weight excluding hydrogens is 274 g/mol. The summed E-state index contributed by atoms with van der Waals surface area (Å²) < 4.78 is 0. The fraction of sp³-hybridized carbons (Fsp3) is 0.0909. The fourth-order valence-corrected chi connectivity index (χ4v) is 2.30. The molecular formula is C11H8ClN3O2S. The molecule has 0 aliphatic rings. The lowest BCUT2D eigenvalue weighted by Crippen LogP contribution is -1.95. The lowest BCUT2D eigenvalue weighted by Gasteiger charge is -2.02. The van der Waals surface area contributed by atoms with Crippen molar-refractivity contribution >= 4 is 29.1 Å². The van der Waals surface area contributed by atoms with E-state index >= 15 is 0 Å². The summed E-state index contributed by atoms with van der Waals surface area (Å²) in [5, 5.41) is 11.1. The summed E-state index contributed by atoms with van der Waals surface area (Å²) >= 11 is 6.84. The molecule has 1 aromatic heterocycles. The lowest BCUT2D eigenvalue weighted by molar-refractivity contribution is -0.388. The van der Waals surface area contributed by atoms with Gasteiger partial charge in [0, 0.05) is 4.90 Å². The van der Waals surface area contributed by atoms with E-state index in [4.69, 9.17) is 11.6 Å². The maximum Gasteiger partial charge on any atom is 0.319 e. The minimum absolute atomic E-state index is 0.00443. The molecule has 0 N–H and O–H groups in total. The minimum Gasteiger partial charge on any atom is -0.258 e. The second-order valence-electron chi connectivity index (χ2n) is 3.50. The molecule has 5 nitrogen and oxygen atoms in total. The molecule has 0 atom stereocenters. The topological polar surface area (TPSA) is 68.9 Å². The predicted octanol–water partition coefficient (Wildman–Crippen LogP) is 3.50.